The molecule has 1 aliphatic heterocycles. The molecule has 8 nitrogen and oxygen atoms in total. The van der Waals surface area contributed by atoms with Crippen molar-refractivity contribution >= 4 is 32.5 Å². The molecule has 4 rings (SSSR count). The van der Waals surface area contributed by atoms with E-state index < -0.39 is 10.0 Å². The average Bonchev–Trinajstić information content (AvgIpc) is 3.25. The molecule has 1 aliphatic rings. The van der Waals surface area contributed by atoms with E-state index in [1.807, 2.05) is 5.38 Å². The van der Waals surface area contributed by atoms with Gasteiger partial charge in [-0.15, -0.1) is 11.3 Å². The molecule has 0 amide bonds. The molecular formula is C14H14N4O4S2. The van der Waals surface area contributed by atoms with Gasteiger partial charge < -0.3 is 9.26 Å². The summed E-state index contributed by atoms with van der Waals surface area (Å²) in [5.41, 5.74) is 0.936. The monoisotopic (exact) mass is 366 g/mol. The first-order chi connectivity index (χ1) is 11.6. The first kappa shape index (κ1) is 15.6. The van der Waals surface area contributed by atoms with Crippen molar-refractivity contribution in [3.63, 3.8) is 0 Å². The molecule has 10 heteroatoms. The molecule has 0 radical (unpaired) electrons. The molecule has 1 atom stereocenters. The number of aromatic nitrogens is 3. The number of thiazole rings is 1. The third-order valence-electron chi connectivity index (χ3n) is 3.88. The Hall–Kier alpha value is -1.88. The van der Waals surface area contributed by atoms with Gasteiger partial charge in [0.2, 0.25) is 10.0 Å². The second kappa shape index (κ2) is 5.88. The van der Waals surface area contributed by atoms with Gasteiger partial charge in [-0.25, -0.2) is 18.4 Å². The summed E-state index contributed by atoms with van der Waals surface area (Å²) in [6, 6.07) is 1.55. The highest BCUT2D eigenvalue weighted by molar-refractivity contribution is 7.89. The SMILES string of the molecule is Cc1noc2ncc(S(=O)(=O)N3CCOC(c4nccs4)C3)cc12. The van der Waals surface area contributed by atoms with Gasteiger partial charge in [0.25, 0.3) is 5.71 Å². The number of morpholine rings is 1. The minimum absolute atomic E-state index is 0.126. The zero-order valence-corrected chi connectivity index (χ0v) is 14.4. The van der Waals surface area contributed by atoms with Crippen LogP contribution in [0.3, 0.4) is 0 Å². The lowest BCUT2D eigenvalue weighted by molar-refractivity contribution is -0.00266. The van der Waals surface area contributed by atoms with Gasteiger partial charge in [-0.05, 0) is 13.0 Å². The van der Waals surface area contributed by atoms with Crippen LogP contribution >= 0.6 is 11.3 Å². The number of aryl methyl sites for hydroxylation is 1. The predicted molar refractivity (Wildman–Crippen MR) is 86.1 cm³/mol. The van der Waals surface area contributed by atoms with Gasteiger partial charge in [0.05, 0.1) is 23.9 Å². The quantitative estimate of drug-likeness (QED) is 0.696. The van der Waals surface area contributed by atoms with E-state index in [4.69, 9.17) is 9.26 Å². The summed E-state index contributed by atoms with van der Waals surface area (Å²) in [6.45, 7) is 2.60. The standard InChI is InChI=1S/C14H14N4O4S2/c1-9-11-6-10(7-16-13(11)22-17-9)24(19,20)18-3-4-21-12(8-18)14-15-2-5-23-14/h2,5-7,12H,3-4,8H2,1H3. The van der Waals surface area contributed by atoms with Crippen LogP contribution in [0.4, 0.5) is 0 Å². The molecule has 0 spiro atoms. The average molecular weight is 366 g/mol. The molecule has 1 fully saturated rings. The molecule has 24 heavy (non-hydrogen) atoms. The number of sulfonamides is 1. The van der Waals surface area contributed by atoms with Crippen molar-refractivity contribution in [2.24, 2.45) is 0 Å². The van der Waals surface area contributed by atoms with Crippen LogP contribution < -0.4 is 0 Å². The maximum absolute atomic E-state index is 12.9. The number of hydrogen-bond donors (Lipinski definition) is 0. The molecule has 0 aliphatic carbocycles. The lowest BCUT2D eigenvalue weighted by Gasteiger charge is -2.31. The van der Waals surface area contributed by atoms with E-state index in [1.54, 1.807) is 19.2 Å². The van der Waals surface area contributed by atoms with Crippen molar-refractivity contribution in [1.82, 2.24) is 19.4 Å². The number of ether oxygens (including phenoxy) is 1. The van der Waals surface area contributed by atoms with Crippen LogP contribution in [0.5, 0.6) is 0 Å². The van der Waals surface area contributed by atoms with Crippen molar-refractivity contribution in [2.45, 2.75) is 17.9 Å². The fraction of sp³-hybridized carbons (Fsp3) is 0.357. The molecular weight excluding hydrogens is 352 g/mol. The predicted octanol–water partition coefficient (Wildman–Crippen LogP) is 1.75. The minimum Gasteiger partial charge on any atom is -0.368 e. The van der Waals surface area contributed by atoms with E-state index in [9.17, 15) is 8.42 Å². The van der Waals surface area contributed by atoms with Crippen LogP contribution in [0.1, 0.15) is 16.8 Å². The van der Waals surface area contributed by atoms with Crippen LogP contribution in [0.25, 0.3) is 11.1 Å². The van der Waals surface area contributed by atoms with E-state index in [0.717, 1.165) is 5.01 Å². The summed E-state index contributed by atoms with van der Waals surface area (Å²) in [5, 5.41) is 7.02. The third-order valence-corrected chi connectivity index (χ3v) is 6.58. The van der Waals surface area contributed by atoms with Crippen LogP contribution in [-0.2, 0) is 14.8 Å². The molecule has 0 aromatic carbocycles. The highest BCUT2D eigenvalue weighted by Crippen LogP contribution is 2.28. The Morgan fingerprint density at radius 3 is 3.04 bits per heavy atom. The Bertz CT molecular complexity index is 968. The summed E-state index contributed by atoms with van der Waals surface area (Å²) in [5.74, 6) is 0. The molecule has 3 aromatic heterocycles. The van der Waals surface area contributed by atoms with Gasteiger partial charge in [0, 0.05) is 24.7 Å². The second-order valence-corrected chi connectivity index (χ2v) is 8.25. The highest BCUT2D eigenvalue weighted by Gasteiger charge is 2.33. The molecule has 4 heterocycles. The normalized spacial score (nSPS) is 19.8. The number of rotatable bonds is 3. The highest BCUT2D eigenvalue weighted by atomic mass is 32.2. The molecule has 3 aromatic rings. The lowest BCUT2D eigenvalue weighted by atomic mass is 10.3. The Balaban J connectivity index is 1.66. The summed E-state index contributed by atoms with van der Waals surface area (Å²) in [4.78, 5) is 8.40. The van der Waals surface area contributed by atoms with Gasteiger partial charge in [-0.2, -0.15) is 4.31 Å². The Morgan fingerprint density at radius 2 is 2.25 bits per heavy atom. The van der Waals surface area contributed by atoms with Gasteiger partial charge in [0.1, 0.15) is 16.0 Å². The van der Waals surface area contributed by atoms with Crippen LogP contribution in [0.2, 0.25) is 0 Å². The Morgan fingerprint density at radius 1 is 1.38 bits per heavy atom. The molecule has 0 bridgehead atoms. The van der Waals surface area contributed by atoms with Crippen LogP contribution in [0, 0.1) is 6.92 Å². The number of nitrogens with zero attached hydrogens (tertiary/aromatic N) is 4. The largest absolute Gasteiger partial charge is 0.368 e. The summed E-state index contributed by atoms with van der Waals surface area (Å²) < 4.78 is 38.0. The maximum atomic E-state index is 12.9. The lowest BCUT2D eigenvalue weighted by Crippen LogP contribution is -2.42. The summed E-state index contributed by atoms with van der Waals surface area (Å²) in [7, 11) is -3.67. The van der Waals surface area contributed by atoms with Gasteiger partial charge in [-0.1, -0.05) is 5.16 Å². The first-order valence-corrected chi connectivity index (χ1v) is 9.61. The molecule has 1 unspecified atom stereocenters. The zero-order valence-electron chi connectivity index (χ0n) is 12.7. The van der Waals surface area contributed by atoms with Crippen molar-refractivity contribution in [3.05, 3.63) is 34.5 Å². The Kier molecular flexibility index (Phi) is 3.83. The Labute approximate surface area is 142 Å². The van der Waals surface area contributed by atoms with Gasteiger partial charge in [0.15, 0.2) is 0 Å². The topological polar surface area (TPSA) is 98.4 Å². The zero-order chi connectivity index (χ0) is 16.7. The van der Waals surface area contributed by atoms with Gasteiger partial charge in [-0.3, -0.25) is 0 Å². The van der Waals surface area contributed by atoms with Crippen molar-refractivity contribution in [3.8, 4) is 0 Å². The van der Waals surface area contributed by atoms with Crippen molar-refractivity contribution in [1.29, 1.82) is 0 Å². The van der Waals surface area contributed by atoms with Crippen LogP contribution in [0.15, 0.2) is 33.3 Å². The fourth-order valence-corrected chi connectivity index (χ4v) is 4.68. The van der Waals surface area contributed by atoms with Gasteiger partial charge >= 0.3 is 0 Å². The molecule has 1 saturated heterocycles. The van der Waals surface area contributed by atoms with Crippen molar-refractivity contribution in [2.75, 3.05) is 19.7 Å². The number of fused-ring (bicyclic) bond motifs is 1. The molecule has 126 valence electrons. The number of hydrogen-bond acceptors (Lipinski definition) is 8. The van der Waals surface area contributed by atoms with E-state index in [2.05, 4.69) is 15.1 Å². The first-order valence-electron chi connectivity index (χ1n) is 7.29. The summed E-state index contributed by atoms with van der Waals surface area (Å²) in [6.07, 6.45) is 2.64. The maximum Gasteiger partial charge on any atom is 0.257 e. The van der Waals surface area contributed by atoms with E-state index in [-0.39, 0.29) is 17.5 Å². The number of pyridine rings is 1. The molecule has 0 saturated carbocycles. The second-order valence-electron chi connectivity index (χ2n) is 5.38. The molecule has 0 N–H and O–H groups in total. The van der Waals surface area contributed by atoms with Crippen molar-refractivity contribution < 1.29 is 17.7 Å². The van der Waals surface area contributed by atoms with E-state index in [0.29, 0.717) is 29.9 Å². The van der Waals surface area contributed by atoms with E-state index >= 15 is 0 Å². The fourth-order valence-electron chi connectivity index (χ4n) is 2.60. The summed E-state index contributed by atoms with van der Waals surface area (Å²) >= 11 is 1.45. The third kappa shape index (κ3) is 2.61. The van der Waals surface area contributed by atoms with E-state index in [1.165, 1.54) is 21.8 Å². The van der Waals surface area contributed by atoms with Crippen LogP contribution in [-0.4, -0.2) is 47.5 Å². The minimum atomic E-state index is -3.67. The smallest absolute Gasteiger partial charge is 0.257 e.